The Balaban J connectivity index is 1.67. The fraction of sp³-hybridized carbons (Fsp3) is 0.571. The summed E-state index contributed by atoms with van der Waals surface area (Å²) in [4.78, 5) is 24.3. The summed E-state index contributed by atoms with van der Waals surface area (Å²) in [5.74, 6) is 0.995. The van der Waals surface area contributed by atoms with Crippen LogP contribution in [-0.4, -0.2) is 19.0 Å². The average molecular weight is 279 g/mol. The molecular weight excluding hydrogens is 262 g/mol. The van der Waals surface area contributed by atoms with Gasteiger partial charge < -0.3 is 10.1 Å². The molecule has 19 heavy (non-hydrogen) atoms. The maximum atomic E-state index is 12.2. The van der Waals surface area contributed by atoms with Crippen molar-refractivity contribution in [1.29, 1.82) is 0 Å². The van der Waals surface area contributed by atoms with Crippen LogP contribution in [0, 0.1) is 17.8 Å². The third-order valence-corrected chi connectivity index (χ3v) is 5.15. The van der Waals surface area contributed by atoms with Gasteiger partial charge in [-0.05, 0) is 36.1 Å². The highest BCUT2D eigenvalue weighted by Gasteiger charge is 2.54. The number of esters is 1. The number of fused-ring (bicyclic) bond motifs is 1. The van der Waals surface area contributed by atoms with Crippen LogP contribution in [0.5, 0.6) is 0 Å². The summed E-state index contributed by atoms with van der Waals surface area (Å²) in [6.45, 7) is 0. The Morgan fingerprint density at radius 2 is 2.00 bits per heavy atom. The first-order valence-corrected chi connectivity index (χ1v) is 7.57. The number of methoxy groups -OCH3 is 1. The van der Waals surface area contributed by atoms with Crippen molar-refractivity contribution in [2.24, 2.45) is 17.8 Å². The molecule has 102 valence electrons. The summed E-state index contributed by atoms with van der Waals surface area (Å²) in [6.07, 6.45) is 4.85. The molecule has 4 nitrogen and oxygen atoms in total. The summed E-state index contributed by atoms with van der Waals surface area (Å²) in [5.41, 5.74) is 0.588. The van der Waals surface area contributed by atoms with Crippen molar-refractivity contribution in [3.63, 3.8) is 0 Å². The molecule has 1 aromatic rings. The molecule has 0 spiro atoms. The Kier molecular flexibility index (Phi) is 3.31. The molecule has 3 rings (SSSR count). The van der Waals surface area contributed by atoms with E-state index in [0.29, 0.717) is 22.4 Å². The number of rotatable bonds is 3. The minimum absolute atomic E-state index is 0.0699. The van der Waals surface area contributed by atoms with E-state index >= 15 is 0 Å². The lowest BCUT2D eigenvalue weighted by atomic mass is 10.0. The standard InChI is InChI=1S/C14H17NO3S/c1-18-14(17)12-10(6-7-19-12)15-13(16)11-8-4-2-3-5-9(8)11/h6-9,11H,2-5H2,1H3,(H,15,16). The maximum Gasteiger partial charge on any atom is 0.350 e. The first-order chi connectivity index (χ1) is 9.22. The van der Waals surface area contributed by atoms with Crippen LogP contribution in [0.25, 0.3) is 0 Å². The molecule has 0 saturated heterocycles. The third-order valence-electron chi connectivity index (χ3n) is 4.25. The fourth-order valence-electron chi connectivity index (χ4n) is 3.26. The lowest BCUT2D eigenvalue weighted by molar-refractivity contribution is -0.117. The molecule has 1 N–H and O–H groups in total. The smallest absolute Gasteiger partial charge is 0.350 e. The van der Waals surface area contributed by atoms with E-state index in [1.807, 2.05) is 0 Å². The zero-order valence-electron chi connectivity index (χ0n) is 10.8. The minimum Gasteiger partial charge on any atom is -0.465 e. The van der Waals surface area contributed by atoms with Gasteiger partial charge in [0, 0.05) is 5.92 Å². The average Bonchev–Trinajstić information content (AvgIpc) is 3.00. The topological polar surface area (TPSA) is 55.4 Å². The van der Waals surface area contributed by atoms with Crippen molar-refractivity contribution in [3.05, 3.63) is 16.3 Å². The number of thiophene rings is 1. The Labute approximate surface area is 116 Å². The van der Waals surface area contributed by atoms with Crippen LogP contribution >= 0.6 is 11.3 Å². The van der Waals surface area contributed by atoms with E-state index in [-0.39, 0.29) is 11.8 Å². The SMILES string of the molecule is COC(=O)c1sccc1NC(=O)C1C2CCCCC21. The predicted molar refractivity (Wildman–Crippen MR) is 73.2 cm³/mol. The number of nitrogens with one attached hydrogen (secondary N) is 1. The second-order valence-corrected chi connectivity index (χ2v) is 6.20. The Hall–Kier alpha value is -1.36. The summed E-state index contributed by atoms with van der Waals surface area (Å²) in [6, 6.07) is 1.76. The third kappa shape index (κ3) is 2.27. The number of hydrogen-bond donors (Lipinski definition) is 1. The van der Waals surface area contributed by atoms with Gasteiger partial charge in [0.15, 0.2) is 0 Å². The number of carbonyl (C=O) groups excluding carboxylic acids is 2. The Morgan fingerprint density at radius 1 is 1.32 bits per heavy atom. The maximum absolute atomic E-state index is 12.2. The van der Waals surface area contributed by atoms with Gasteiger partial charge in [-0.3, -0.25) is 4.79 Å². The van der Waals surface area contributed by atoms with Crippen LogP contribution in [0.1, 0.15) is 35.4 Å². The molecule has 5 heteroatoms. The first-order valence-electron chi connectivity index (χ1n) is 6.69. The van der Waals surface area contributed by atoms with Gasteiger partial charge in [0.05, 0.1) is 12.8 Å². The molecule has 0 radical (unpaired) electrons. The zero-order chi connectivity index (χ0) is 13.4. The molecule has 2 fully saturated rings. The number of carbonyl (C=O) groups is 2. The molecule has 1 amide bonds. The fourth-order valence-corrected chi connectivity index (χ4v) is 4.02. The highest BCUT2D eigenvalue weighted by Crippen LogP contribution is 2.55. The number of ether oxygens (including phenoxy) is 1. The minimum atomic E-state index is -0.390. The normalized spacial score (nSPS) is 28.4. The summed E-state index contributed by atoms with van der Waals surface area (Å²) >= 11 is 1.29. The van der Waals surface area contributed by atoms with Gasteiger partial charge in [0.2, 0.25) is 5.91 Å². The summed E-state index contributed by atoms with van der Waals surface area (Å²) < 4.78 is 4.71. The first kappa shape index (κ1) is 12.7. The second-order valence-electron chi connectivity index (χ2n) is 5.28. The van der Waals surface area contributed by atoms with Gasteiger partial charge in [-0.15, -0.1) is 11.3 Å². The van der Waals surface area contributed by atoms with E-state index in [2.05, 4.69) is 5.32 Å². The molecule has 0 aromatic carbocycles. The molecule has 0 bridgehead atoms. The van der Waals surface area contributed by atoms with Crippen molar-refractivity contribution in [1.82, 2.24) is 0 Å². The van der Waals surface area contributed by atoms with Crippen LogP contribution in [0.2, 0.25) is 0 Å². The molecule has 0 aliphatic heterocycles. The lowest BCUT2D eigenvalue weighted by Gasteiger charge is -2.05. The van der Waals surface area contributed by atoms with Gasteiger partial charge in [0.25, 0.3) is 0 Å². The molecule has 2 unspecified atom stereocenters. The molecule has 2 aliphatic carbocycles. The zero-order valence-corrected chi connectivity index (χ0v) is 11.7. The number of hydrogen-bond acceptors (Lipinski definition) is 4. The largest absolute Gasteiger partial charge is 0.465 e. The van der Waals surface area contributed by atoms with Gasteiger partial charge in [-0.1, -0.05) is 12.8 Å². The lowest BCUT2D eigenvalue weighted by Crippen LogP contribution is -2.17. The highest BCUT2D eigenvalue weighted by molar-refractivity contribution is 7.12. The second kappa shape index (κ2) is 4.96. The van der Waals surface area contributed by atoms with E-state index < -0.39 is 5.97 Å². The molecular formula is C14H17NO3S. The van der Waals surface area contributed by atoms with Crippen LogP contribution < -0.4 is 5.32 Å². The van der Waals surface area contributed by atoms with Crippen molar-refractivity contribution in [2.75, 3.05) is 12.4 Å². The molecule has 2 aliphatic rings. The van der Waals surface area contributed by atoms with Crippen LogP contribution in [0.4, 0.5) is 5.69 Å². The van der Waals surface area contributed by atoms with Gasteiger partial charge in [-0.25, -0.2) is 4.79 Å². The van der Waals surface area contributed by atoms with Crippen LogP contribution in [-0.2, 0) is 9.53 Å². The number of amides is 1. The van der Waals surface area contributed by atoms with Crippen molar-refractivity contribution < 1.29 is 14.3 Å². The monoisotopic (exact) mass is 279 g/mol. The molecule has 1 aromatic heterocycles. The summed E-state index contributed by atoms with van der Waals surface area (Å²) in [7, 11) is 1.35. The van der Waals surface area contributed by atoms with Gasteiger partial charge >= 0.3 is 5.97 Å². The van der Waals surface area contributed by atoms with Crippen molar-refractivity contribution >= 4 is 28.9 Å². The van der Waals surface area contributed by atoms with Crippen molar-refractivity contribution in [3.8, 4) is 0 Å². The summed E-state index contributed by atoms with van der Waals surface area (Å²) in [5, 5.41) is 4.69. The van der Waals surface area contributed by atoms with Gasteiger partial charge in [-0.2, -0.15) is 0 Å². The van der Waals surface area contributed by atoms with Crippen molar-refractivity contribution in [2.45, 2.75) is 25.7 Å². The van der Waals surface area contributed by atoms with E-state index in [4.69, 9.17) is 4.74 Å². The molecule has 2 saturated carbocycles. The van der Waals surface area contributed by atoms with Gasteiger partial charge in [0.1, 0.15) is 4.88 Å². The van der Waals surface area contributed by atoms with E-state index in [1.54, 1.807) is 11.4 Å². The van der Waals surface area contributed by atoms with Crippen LogP contribution in [0.15, 0.2) is 11.4 Å². The van der Waals surface area contributed by atoms with E-state index in [9.17, 15) is 9.59 Å². The van der Waals surface area contributed by atoms with Crippen LogP contribution in [0.3, 0.4) is 0 Å². The Bertz CT molecular complexity index is 499. The highest BCUT2D eigenvalue weighted by atomic mass is 32.1. The Morgan fingerprint density at radius 3 is 2.63 bits per heavy atom. The predicted octanol–water partition coefficient (Wildman–Crippen LogP) is 2.91. The molecule has 1 heterocycles. The molecule has 2 atom stereocenters. The quantitative estimate of drug-likeness (QED) is 0.866. The van der Waals surface area contributed by atoms with E-state index in [1.165, 1.54) is 44.1 Å². The number of anilines is 1. The van der Waals surface area contributed by atoms with E-state index in [0.717, 1.165) is 0 Å².